The fraction of sp³-hybridized carbons (Fsp3) is 0.222. The van der Waals surface area contributed by atoms with Gasteiger partial charge in [-0.3, -0.25) is 9.59 Å². The average molecular weight is 313 g/mol. The molecule has 0 saturated carbocycles. The van der Waals surface area contributed by atoms with Gasteiger partial charge < -0.3 is 10.1 Å². The van der Waals surface area contributed by atoms with Crippen molar-refractivity contribution in [2.24, 2.45) is 0 Å². The Morgan fingerprint density at radius 3 is 2.65 bits per heavy atom. The van der Waals surface area contributed by atoms with Crippen LogP contribution in [-0.2, 0) is 0 Å². The Balaban J connectivity index is 2.20. The van der Waals surface area contributed by atoms with Gasteiger partial charge in [0.2, 0.25) is 0 Å². The Labute approximate surface area is 133 Å². The van der Waals surface area contributed by atoms with Crippen molar-refractivity contribution >= 4 is 12.2 Å². The van der Waals surface area contributed by atoms with Crippen molar-refractivity contribution in [2.75, 3.05) is 13.7 Å². The summed E-state index contributed by atoms with van der Waals surface area (Å²) < 4.78 is 19.2. The highest BCUT2D eigenvalue weighted by Gasteiger charge is 2.38. The van der Waals surface area contributed by atoms with Crippen molar-refractivity contribution in [1.82, 2.24) is 5.32 Å². The van der Waals surface area contributed by atoms with Crippen LogP contribution in [0, 0.1) is 0 Å². The minimum absolute atomic E-state index is 0.254. The fourth-order valence-electron chi connectivity index (χ4n) is 3.00. The molecule has 0 saturated heterocycles. The van der Waals surface area contributed by atoms with E-state index >= 15 is 0 Å². The van der Waals surface area contributed by atoms with Crippen molar-refractivity contribution in [3.05, 3.63) is 64.7 Å². The van der Waals surface area contributed by atoms with E-state index in [-0.39, 0.29) is 17.4 Å². The zero-order valence-corrected chi connectivity index (χ0v) is 12.6. The van der Waals surface area contributed by atoms with Crippen LogP contribution in [0.5, 0.6) is 5.75 Å². The Morgan fingerprint density at radius 2 is 2.04 bits per heavy atom. The molecule has 2 atom stereocenters. The molecule has 0 radical (unpaired) electrons. The number of carbonyl (C=O) groups excluding carboxylic acids is 2. The number of rotatable bonds is 4. The summed E-state index contributed by atoms with van der Waals surface area (Å²) in [6, 6.07) is 12.5. The molecule has 4 nitrogen and oxygen atoms in total. The zero-order chi connectivity index (χ0) is 16.4. The minimum atomic E-state index is -0.710. The highest BCUT2D eigenvalue weighted by atomic mass is 19.1. The standard InChI is InChI=1S/C18H16FNO3/c1-20-18(22)14-8-11(10-21)7-13-16(12-5-3-2-4-6-12)15(9-19)23-17(13)14/h2-8,10,15-16H,9H2,1H3,(H,20,22)/t15?,16-/m0/s1. The fourth-order valence-corrected chi connectivity index (χ4v) is 3.00. The molecule has 0 fully saturated rings. The van der Waals surface area contributed by atoms with Gasteiger partial charge in [0, 0.05) is 18.2 Å². The van der Waals surface area contributed by atoms with Crippen molar-refractivity contribution in [1.29, 1.82) is 0 Å². The Hall–Kier alpha value is -2.69. The van der Waals surface area contributed by atoms with Crippen LogP contribution in [0.15, 0.2) is 42.5 Å². The number of amides is 1. The van der Waals surface area contributed by atoms with Crippen LogP contribution < -0.4 is 10.1 Å². The molecule has 2 aromatic carbocycles. The first-order valence-corrected chi connectivity index (χ1v) is 7.32. The summed E-state index contributed by atoms with van der Waals surface area (Å²) in [5.74, 6) is -0.359. The van der Waals surface area contributed by atoms with Crippen molar-refractivity contribution in [2.45, 2.75) is 12.0 Å². The van der Waals surface area contributed by atoms with Crippen LogP contribution in [0.2, 0.25) is 0 Å². The summed E-state index contributed by atoms with van der Waals surface area (Å²) in [4.78, 5) is 23.3. The molecule has 5 heteroatoms. The van der Waals surface area contributed by atoms with Gasteiger partial charge >= 0.3 is 0 Å². The van der Waals surface area contributed by atoms with E-state index < -0.39 is 12.8 Å². The molecule has 1 unspecified atom stereocenters. The van der Waals surface area contributed by atoms with E-state index in [0.717, 1.165) is 5.56 Å². The quantitative estimate of drug-likeness (QED) is 0.883. The summed E-state index contributed by atoms with van der Waals surface area (Å²) in [7, 11) is 1.50. The predicted molar refractivity (Wildman–Crippen MR) is 83.9 cm³/mol. The second-order valence-electron chi connectivity index (χ2n) is 5.38. The SMILES string of the molecule is CNC(=O)c1cc(C=O)cc2c1OC(CF)[C@H]2c1ccccc1. The topological polar surface area (TPSA) is 55.4 Å². The van der Waals surface area contributed by atoms with Gasteiger partial charge in [0.15, 0.2) is 0 Å². The molecule has 23 heavy (non-hydrogen) atoms. The number of aldehydes is 1. The van der Waals surface area contributed by atoms with Crippen LogP contribution >= 0.6 is 0 Å². The van der Waals surface area contributed by atoms with Crippen LogP contribution in [0.3, 0.4) is 0 Å². The van der Waals surface area contributed by atoms with Crippen LogP contribution in [-0.4, -0.2) is 32.0 Å². The van der Waals surface area contributed by atoms with Crippen molar-refractivity contribution in [3.63, 3.8) is 0 Å². The normalized spacial score (nSPS) is 18.9. The molecule has 2 aromatic rings. The third kappa shape index (κ3) is 2.59. The molecular weight excluding hydrogens is 297 g/mol. The molecule has 0 bridgehead atoms. The number of hydrogen-bond acceptors (Lipinski definition) is 3. The van der Waals surface area contributed by atoms with E-state index in [2.05, 4.69) is 5.32 Å². The number of fused-ring (bicyclic) bond motifs is 1. The van der Waals surface area contributed by atoms with Crippen LogP contribution in [0.1, 0.15) is 37.8 Å². The lowest BCUT2D eigenvalue weighted by atomic mass is 9.87. The molecule has 118 valence electrons. The Morgan fingerprint density at radius 1 is 1.30 bits per heavy atom. The number of carbonyl (C=O) groups is 2. The van der Waals surface area contributed by atoms with Gasteiger partial charge in [-0.15, -0.1) is 0 Å². The maximum Gasteiger partial charge on any atom is 0.254 e. The lowest BCUT2D eigenvalue weighted by Gasteiger charge is -2.16. The molecular formula is C18H16FNO3. The molecule has 3 rings (SSSR count). The summed E-state index contributed by atoms with van der Waals surface area (Å²) in [6.45, 7) is -0.683. The predicted octanol–water partition coefficient (Wildman–Crippen LogP) is 2.72. The number of halogens is 1. The molecule has 0 aromatic heterocycles. The first-order valence-electron chi connectivity index (χ1n) is 7.32. The van der Waals surface area contributed by atoms with Gasteiger partial charge in [-0.2, -0.15) is 0 Å². The molecule has 0 aliphatic carbocycles. The number of hydrogen-bond donors (Lipinski definition) is 1. The zero-order valence-electron chi connectivity index (χ0n) is 12.6. The smallest absolute Gasteiger partial charge is 0.254 e. The third-order valence-electron chi connectivity index (χ3n) is 4.03. The number of alkyl halides is 1. The second-order valence-corrected chi connectivity index (χ2v) is 5.38. The first-order chi connectivity index (χ1) is 11.2. The Kier molecular flexibility index (Phi) is 4.10. The summed E-state index contributed by atoms with van der Waals surface area (Å²) in [5, 5.41) is 2.52. The summed E-state index contributed by atoms with van der Waals surface area (Å²) >= 11 is 0. The van der Waals surface area contributed by atoms with Gasteiger partial charge in [-0.05, 0) is 17.7 Å². The van der Waals surface area contributed by atoms with E-state index in [0.29, 0.717) is 23.2 Å². The first kappa shape index (κ1) is 15.2. The van der Waals surface area contributed by atoms with E-state index in [1.807, 2.05) is 30.3 Å². The highest BCUT2D eigenvalue weighted by molar-refractivity contribution is 5.99. The monoisotopic (exact) mass is 313 g/mol. The van der Waals surface area contributed by atoms with Gasteiger partial charge in [0.05, 0.1) is 11.5 Å². The average Bonchev–Trinajstić information content (AvgIpc) is 2.99. The van der Waals surface area contributed by atoms with Crippen LogP contribution in [0.25, 0.3) is 0 Å². The van der Waals surface area contributed by atoms with Gasteiger partial charge in [-0.1, -0.05) is 30.3 Å². The summed E-state index contributed by atoms with van der Waals surface area (Å²) in [5.41, 5.74) is 2.18. The molecule has 1 amide bonds. The van der Waals surface area contributed by atoms with Gasteiger partial charge in [0.25, 0.3) is 5.91 Å². The van der Waals surface area contributed by atoms with E-state index in [1.54, 1.807) is 6.07 Å². The maximum absolute atomic E-state index is 13.5. The Bertz CT molecular complexity index is 745. The van der Waals surface area contributed by atoms with Crippen molar-refractivity contribution in [3.8, 4) is 5.75 Å². The molecule has 0 spiro atoms. The molecule has 1 aliphatic heterocycles. The van der Waals surface area contributed by atoms with E-state index in [1.165, 1.54) is 13.1 Å². The number of nitrogens with one attached hydrogen (secondary N) is 1. The van der Waals surface area contributed by atoms with Gasteiger partial charge in [-0.25, -0.2) is 4.39 Å². The van der Waals surface area contributed by atoms with Crippen molar-refractivity contribution < 1.29 is 18.7 Å². The minimum Gasteiger partial charge on any atom is -0.486 e. The molecule has 1 aliphatic rings. The third-order valence-corrected chi connectivity index (χ3v) is 4.03. The van der Waals surface area contributed by atoms with E-state index in [4.69, 9.17) is 4.74 Å². The summed E-state index contributed by atoms with van der Waals surface area (Å²) in [6.07, 6.45) is -0.0323. The van der Waals surface area contributed by atoms with Crippen LogP contribution in [0.4, 0.5) is 4.39 Å². The van der Waals surface area contributed by atoms with E-state index in [9.17, 15) is 14.0 Å². The number of benzene rings is 2. The maximum atomic E-state index is 13.5. The second kappa shape index (κ2) is 6.20. The largest absolute Gasteiger partial charge is 0.486 e. The highest BCUT2D eigenvalue weighted by Crippen LogP contribution is 2.44. The molecule has 1 heterocycles. The van der Waals surface area contributed by atoms with Gasteiger partial charge in [0.1, 0.15) is 24.8 Å². The molecule has 1 N–H and O–H groups in total. The number of ether oxygens (including phenoxy) is 1. The lowest BCUT2D eigenvalue weighted by Crippen LogP contribution is -2.22. The lowest BCUT2D eigenvalue weighted by molar-refractivity contribution is 0.0955.